The lowest BCUT2D eigenvalue weighted by Gasteiger charge is -2.20. The van der Waals surface area contributed by atoms with Gasteiger partial charge in [0, 0.05) is 18.5 Å². The van der Waals surface area contributed by atoms with Gasteiger partial charge in [-0.3, -0.25) is 4.79 Å². The van der Waals surface area contributed by atoms with Crippen LogP contribution in [-0.2, 0) is 4.79 Å². The third kappa shape index (κ3) is 11.1. The minimum atomic E-state index is -4.34. The SMILES string of the molecule is CC(C)(C)NCCC(=O)NCC(F)(F)F. The standard InChI is InChI=1S/C9H17F3N2O/c1-8(2,3)14-5-4-7(15)13-6-9(10,11)12/h14H,4-6H2,1-3H3,(H,13,15). The molecule has 0 aromatic rings. The van der Waals surface area contributed by atoms with Gasteiger partial charge in [-0.25, -0.2) is 0 Å². The van der Waals surface area contributed by atoms with Gasteiger partial charge in [-0.15, -0.1) is 0 Å². The van der Waals surface area contributed by atoms with Crippen molar-refractivity contribution in [3.63, 3.8) is 0 Å². The molecule has 0 aliphatic carbocycles. The first kappa shape index (κ1) is 14.2. The van der Waals surface area contributed by atoms with Crippen molar-refractivity contribution in [3.05, 3.63) is 0 Å². The molecule has 0 saturated heterocycles. The topological polar surface area (TPSA) is 41.1 Å². The van der Waals surface area contributed by atoms with Crippen molar-refractivity contribution in [2.24, 2.45) is 0 Å². The monoisotopic (exact) mass is 226 g/mol. The molecule has 0 spiro atoms. The first-order valence-corrected chi connectivity index (χ1v) is 4.69. The van der Waals surface area contributed by atoms with Crippen molar-refractivity contribution in [3.8, 4) is 0 Å². The van der Waals surface area contributed by atoms with Crippen LogP contribution in [0.5, 0.6) is 0 Å². The van der Waals surface area contributed by atoms with Gasteiger partial charge in [0.05, 0.1) is 0 Å². The van der Waals surface area contributed by atoms with Crippen LogP contribution in [0.15, 0.2) is 0 Å². The normalized spacial score (nSPS) is 12.7. The van der Waals surface area contributed by atoms with Gasteiger partial charge in [0.2, 0.25) is 5.91 Å². The Kier molecular flexibility index (Phi) is 5.07. The Morgan fingerprint density at radius 1 is 1.20 bits per heavy atom. The number of halogens is 3. The fourth-order valence-electron chi connectivity index (χ4n) is 0.838. The number of hydrogen-bond acceptors (Lipinski definition) is 2. The Balaban J connectivity index is 3.60. The molecule has 1 amide bonds. The van der Waals surface area contributed by atoms with Crippen LogP contribution in [0.25, 0.3) is 0 Å². The van der Waals surface area contributed by atoms with E-state index in [1.165, 1.54) is 0 Å². The third-order valence-corrected chi connectivity index (χ3v) is 1.49. The lowest BCUT2D eigenvalue weighted by atomic mass is 10.1. The average Bonchev–Trinajstić information content (AvgIpc) is 1.97. The summed E-state index contributed by atoms with van der Waals surface area (Å²) in [6.07, 6.45) is -4.29. The zero-order valence-corrected chi connectivity index (χ0v) is 9.16. The van der Waals surface area contributed by atoms with Crippen molar-refractivity contribution in [2.75, 3.05) is 13.1 Å². The number of alkyl halides is 3. The maximum absolute atomic E-state index is 11.7. The lowest BCUT2D eigenvalue weighted by Crippen LogP contribution is -2.40. The molecule has 6 heteroatoms. The van der Waals surface area contributed by atoms with Gasteiger partial charge in [-0.1, -0.05) is 0 Å². The fraction of sp³-hybridized carbons (Fsp3) is 0.889. The zero-order chi connectivity index (χ0) is 12.1. The van der Waals surface area contributed by atoms with Crippen LogP contribution in [0.2, 0.25) is 0 Å². The maximum atomic E-state index is 11.7. The van der Waals surface area contributed by atoms with Crippen molar-refractivity contribution >= 4 is 5.91 Å². The Hall–Kier alpha value is -0.780. The first-order chi connectivity index (χ1) is 6.60. The molecule has 0 aromatic carbocycles. The van der Waals surface area contributed by atoms with E-state index < -0.39 is 18.6 Å². The summed E-state index contributed by atoms with van der Waals surface area (Å²) in [7, 11) is 0. The predicted octanol–water partition coefficient (Wildman–Crippen LogP) is 1.44. The van der Waals surface area contributed by atoms with E-state index in [4.69, 9.17) is 0 Å². The fourth-order valence-corrected chi connectivity index (χ4v) is 0.838. The molecule has 90 valence electrons. The molecule has 0 atom stereocenters. The molecular weight excluding hydrogens is 209 g/mol. The number of amides is 1. The Bertz CT molecular complexity index is 208. The summed E-state index contributed by atoms with van der Waals surface area (Å²) in [5.41, 5.74) is -0.135. The molecule has 0 aliphatic heterocycles. The molecule has 15 heavy (non-hydrogen) atoms. The van der Waals surface area contributed by atoms with Crippen LogP contribution in [0.1, 0.15) is 27.2 Å². The number of carbonyl (C=O) groups is 1. The van der Waals surface area contributed by atoms with Gasteiger partial charge in [-0.2, -0.15) is 13.2 Å². The molecule has 0 aliphatic rings. The quantitative estimate of drug-likeness (QED) is 0.761. The van der Waals surface area contributed by atoms with Crippen LogP contribution < -0.4 is 10.6 Å². The van der Waals surface area contributed by atoms with Gasteiger partial charge in [0.25, 0.3) is 0 Å². The van der Waals surface area contributed by atoms with E-state index in [2.05, 4.69) is 5.32 Å². The summed E-state index contributed by atoms with van der Waals surface area (Å²) < 4.78 is 35.1. The van der Waals surface area contributed by atoms with Gasteiger partial charge in [0.1, 0.15) is 6.54 Å². The number of hydrogen-bond donors (Lipinski definition) is 2. The molecule has 0 unspecified atom stereocenters. The zero-order valence-electron chi connectivity index (χ0n) is 9.16. The van der Waals surface area contributed by atoms with Crippen molar-refractivity contribution < 1.29 is 18.0 Å². The molecule has 3 nitrogen and oxygen atoms in total. The summed E-state index contributed by atoms with van der Waals surface area (Å²) in [6.45, 7) is 4.86. The number of rotatable bonds is 4. The van der Waals surface area contributed by atoms with Crippen molar-refractivity contribution in [1.82, 2.24) is 10.6 Å². The molecule has 0 heterocycles. The second-order valence-corrected chi connectivity index (χ2v) is 4.32. The molecule has 2 N–H and O–H groups in total. The van der Waals surface area contributed by atoms with E-state index >= 15 is 0 Å². The largest absolute Gasteiger partial charge is 0.405 e. The van der Waals surface area contributed by atoms with Crippen LogP contribution in [0.4, 0.5) is 13.2 Å². The average molecular weight is 226 g/mol. The summed E-state index contributed by atoms with van der Waals surface area (Å²) >= 11 is 0. The van der Waals surface area contributed by atoms with Crippen LogP contribution in [0, 0.1) is 0 Å². The molecule has 0 aromatic heterocycles. The number of carbonyl (C=O) groups excluding carboxylic acids is 1. The van der Waals surface area contributed by atoms with E-state index in [1.807, 2.05) is 20.8 Å². The summed E-state index contributed by atoms with van der Waals surface area (Å²) in [4.78, 5) is 10.9. The van der Waals surface area contributed by atoms with E-state index in [0.29, 0.717) is 6.54 Å². The van der Waals surface area contributed by atoms with Gasteiger partial charge >= 0.3 is 6.18 Å². The van der Waals surface area contributed by atoms with E-state index in [0.717, 1.165) is 0 Å². The van der Waals surface area contributed by atoms with Crippen molar-refractivity contribution in [1.29, 1.82) is 0 Å². The van der Waals surface area contributed by atoms with Crippen LogP contribution in [-0.4, -0.2) is 30.7 Å². The molecule has 0 saturated carbocycles. The van der Waals surface area contributed by atoms with Gasteiger partial charge < -0.3 is 10.6 Å². The molecule has 0 bridgehead atoms. The second-order valence-electron chi connectivity index (χ2n) is 4.32. The summed E-state index contributed by atoms with van der Waals surface area (Å²) in [6, 6.07) is 0. The third-order valence-electron chi connectivity index (χ3n) is 1.49. The first-order valence-electron chi connectivity index (χ1n) is 4.69. The maximum Gasteiger partial charge on any atom is 0.405 e. The molecular formula is C9H17F3N2O. The Morgan fingerprint density at radius 2 is 1.73 bits per heavy atom. The second kappa shape index (κ2) is 5.34. The van der Waals surface area contributed by atoms with Crippen LogP contribution in [0.3, 0.4) is 0 Å². The van der Waals surface area contributed by atoms with E-state index in [9.17, 15) is 18.0 Å². The van der Waals surface area contributed by atoms with Gasteiger partial charge in [0.15, 0.2) is 0 Å². The highest BCUT2D eigenvalue weighted by molar-refractivity contribution is 5.76. The van der Waals surface area contributed by atoms with Crippen molar-refractivity contribution in [2.45, 2.75) is 38.9 Å². The minimum Gasteiger partial charge on any atom is -0.347 e. The lowest BCUT2D eigenvalue weighted by molar-refractivity contribution is -0.138. The predicted molar refractivity (Wildman–Crippen MR) is 51.4 cm³/mol. The van der Waals surface area contributed by atoms with Gasteiger partial charge in [-0.05, 0) is 20.8 Å². The smallest absolute Gasteiger partial charge is 0.347 e. The van der Waals surface area contributed by atoms with Crippen LogP contribution >= 0.6 is 0 Å². The van der Waals surface area contributed by atoms with E-state index in [-0.39, 0.29) is 12.0 Å². The summed E-state index contributed by atoms with van der Waals surface area (Å²) in [5, 5.41) is 4.81. The Labute approximate surface area is 87.4 Å². The number of nitrogens with one attached hydrogen (secondary N) is 2. The van der Waals surface area contributed by atoms with E-state index in [1.54, 1.807) is 5.32 Å². The Morgan fingerprint density at radius 3 is 2.13 bits per heavy atom. The molecule has 0 radical (unpaired) electrons. The highest BCUT2D eigenvalue weighted by Crippen LogP contribution is 2.12. The molecule has 0 fully saturated rings. The highest BCUT2D eigenvalue weighted by Gasteiger charge is 2.27. The minimum absolute atomic E-state index is 0.0490. The highest BCUT2D eigenvalue weighted by atomic mass is 19.4. The summed E-state index contributed by atoms with van der Waals surface area (Å²) in [5.74, 6) is -0.593. The molecule has 0 rings (SSSR count).